The van der Waals surface area contributed by atoms with E-state index in [1.807, 2.05) is 6.08 Å². The topological polar surface area (TPSA) is 20.2 Å². The van der Waals surface area contributed by atoms with Crippen LogP contribution in [-0.4, -0.2) is 11.7 Å². The minimum atomic E-state index is 0.352. The molecule has 1 heteroatoms. The number of hydrogen-bond donors (Lipinski definition) is 1. The molecule has 0 amide bonds. The van der Waals surface area contributed by atoms with Gasteiger partial charge in [0, 0.05) is 13.0 Å². The summed E-state index contributed by atoms with van der Waals surface area (Å²) in [6, 6.07) is 0. The van der Waals surface area contributed by atoms with E-state index in [1.54, 1.807) is 0 Å². The molecule has 0 aliphatic rings. The lowest BCUT2D eigenvalue weighted by molar-refractivity contribution is 0.282. The predicted molar refractivity (Wildman–Crippen MR) is 75.8 cm³/mol. The summed E-state index contributed by atoms with van der Waals surface area (Å²) in [5.41, 5.74) is 0. The zero-order valence-corrected chi connectivity index (χ0v) is 11.4. The third kappa shape index (κ3) is 15.3. The molecule has 0 unspecified atom stereocenters. The van der Waals surface area contributed by atoms with Crippen molar-refractivity contribution >= 4 is 0 Å². The van der Waals surface area contributed by atoms with Crippen molar-refractivity contribution in [2.24, 2.45) is 0 Å². The fourth-order valence-electron chi connectivity index (χ4n) is 1.69. The minimum absolute atomic E-state index is 0.352. The normalized spacial score (nSPS) is 10.5. The Balaban J connectivity index is 3.07. The number of allylic oxidation sites excluding steroid dienone is 2. The molecule has 0 saturated heterocycles. The van der Waals surface area contributed by atoms with Gasteiger partial charge in [0.15, 0.2) is 0 Å². The molecule has 0 aliphatic carbocycles. The van der Waals surface area contributed by atoms with Crippen LogP contribution >= 0.6 is 0 Å². The maximum atomic E-state index is 8.63. The Morgan fingerprint density at radius 1 is 0.882 bits per heavy atom. The van der Waals surface area contributed by atoms with Crippen LogP contribution in [0.25, 0.3) is 0 Å². The Kier molecular flexibility index (Phi) is 14.6. The highest BCUT2D eigenvalue weighted by Crippen LogP contribution is 2.09. The summed E-state index contributed by atoms with van der Waals surface area (Å²) in [4.78, 5) is 0. The molecule has 0 fully saturated rings. The van der Waals surface area contributed by atoms with Crippen molar-refractivity contribution in [3.63, 3.8) is 0 Å². The van der Waals surface area contributed by atoms with Gasteiger partial charge in [-0.3, -0.25) is 0 Å². The first-order valence-corrected chi connectivity index (χ1v) is 7.16. The van der Waals surface area contributed by atoms with Gasteiger partial charge in [0.05, 0.1) is 0 Å². The number of unbranched alkanes of at least 4 members (excludes halogenated alkanes) is 8. The first-order valence-electron chi connectivity index (χ1n) is 7.16. The van der Waals surface area contributed by atoms with E-state index < -0.39 is 0 Å². The maximum absolute atomic E-state index is 8.63. The van der Waals surface area contributed by atoms with Crippen molar-refractivity contribution in [2.45, 2.75) is 71.1 Å². The van der Waals surface area contributed by atoms with Crippen molar-refractivity contribution in [3.8, 4) is 11.8 Å². The standard InChI is InChI=1S/C16H28O/c1-2-3-4-5-6-7-8-9-10-11-12-13-14-15-16-17/h3-4,17H,2,7-16H2,1H3/b4-3-. The lowest BCUT2D eigenvalue weighted by Gasteiger charge is -1.99. The van der Waals surface area contributed by atoms with Crippen LogP contribution < -0.4 is 0 Å². The Morgan fingerprint density at radius 2 is 1.47 bits per heavy atom. The Hall–Kier alpha value is -0.740. The average Bonchev–Trinajstić information content (AvgIpc) is 2.35. The SMILES string of the molecule is CC/C=C\C#CCCCCCCCCCCO. The van der Waals surface area contributed by atoms with Crippen LogP contribution in [0.2, 0.25) is 0 Å². The molecule has 0 heterocycles. The lowest BCUT2D eigenvalue weighted by Crippen LogP contribution is -1.84. The second kappa shape index (κ2) is 15.3. The van der Waals surface area contributed by atoms with E-state index >= 15 is 0 Å². The number of aliphatic hydroxyl groups excluding tert-OH is 1. The quantitative estimate of drug-likeness (QED) is 0.438. The average molecular weight is 236 g/mol. The van der Waals surface area contributed by atoms with Gasteiger partial charge in [0.25, 0.3) is 0 Å². The molecule has 1 nitrogen and oxygen atoms in total. The molecule has 0 aromatic heterocycles. The third-order valence-corrected chi connectivity index (χ3v) is 2.75. The molecule has 0 bridgehead atoms. The van der Waals surface area contributed by atoms with Crippen LogP contribution in [0.3, 0.4) is 0 Å². The molecule has 0 aromatic carbocycles. The molecule has 0 saturated carbocycles. The summed E-state index contributed by atoms with van der Waals surface area (Å²) in [6.45, 7) is 2.48. The molecular weight excluding hydrogens is 208 g/mol. The van der Waals surface area contributed by atoms with Crippen LogP contribution in [0.4, 0.5) is 0 Å². The van der Waals surface area contributed by atoms with E-state index in [2.05, 4.69) is 24.8 Å². The molecule has 0 rings (SSSR count). The number of rotatable bonds is 10. The molecule has 0 spiro atoms. The smallest absolute Gasteiger partial charge is 0.0431 e. The second-order valence-corrected chi connectivity index (χ2v) is 4.43. The summed E-state index contributed by atoms with van der Waals surface area (Å²) in [5.74, 6) is 6.23. The molecule has 17 heavy (non-hydrogen) atoms. The van der Waals surface area contributed by atoms with Gasteiger partial charge in [0.2, 0.25) is 0 Å². The third-order valence-electron chi connectivity index (χ3n) is 2.75. The molecular formula is C16H28O. The Bertz CT molecular complexity index is 219. The summed E-state index contributed by atoms with van der Waals surface area (Å²) in [5, 5.41) is 8.63. The Morgan fingerprint density at radius 3 is 2.06 bits per heavy atom. The molecule has 0 atom stereocenters. The van der Waals surface area contributed by atoms with Gasteiger partial charge in [0.1, 0.15) is 0 Å². The van der Waals surface area contributed by atoms with E-state index in [4.69, 9.17) is 5.11 Å². The molecule has 0 aliphatic heterocycles. The molecule has 98 valence electrons. The Labute approximate surface area is 107 Å². The molecule has 0 radical (unpaired) electrons. The van der Waals surface area contributed by atoms with E-state index in [1.165, 1.54) is 44.9 Å². The van der Waals surface area contributed by atoms with Gasteiger partial charge in [-0.05, 0) is 25.3 Å². The van der Waals surface area contributed by atoms with Gasteiger partial charge in [-0.1, -0.05) is 63.4 Å². The lowest BCUT2D eigenvalue weighted by atomic mass is 10.1. The van der Waals surface area contributed by atoms with Gasteiger partial charge in [-0.2, -0.15) is 0 Å². The van der Waals surface area contributed by atoms with Crippen molar-refractivity contribution in [1.29, 1.82) is 0 Å². The summed E-state index contributed by atoms with van der Waals surface area (Å²) in [6.07, 6.45) is 16.2. The first kappa shape index (κ1) is 16.3. The highest BCUT2D eigenvalue weighted by molar-refractivity contribution is 5.14. The van der Waals surface area contributed by atoms with E-state index in [-0.39, 0.29) is 0 Å². The van der Waals surface area contributed by atoms with Gasteiger partial charge >= 0.3 is 0 Å². The van der Waals surface area contributed by atoms with Crippen molar-refractivity contribution < 1.29 is 5.11 Å². The highest BCUT2D eigenvalue weighted by atomic mass is 16.2. The minimum Gasteiger partial charge on any atom is -0.396 e. The zero-order chi connectivity index (χ0) is 12.6. The summed E-state index contributed by atoms with van der Waals surface area (Å²) in [7, 11) is 0. The van der Waals surface area contributed by atoms with Gasteiger partial charge in [-0.15, -0.1) is 0 Å². The second-order valence-electron chi connectivity index (χ2n) is 4.43. The largest absolute Gasteiger partial charge is 0.396 e. The zero-order valence-electron chi connectivity index (χ0n) is 11.4. The van der Waals surface area contributed by atoms with Gasteiger partial charge < -0.3 is 5.11 Å². The van der Waals surface area contributed by atoms with Crippen LogP contribution in [0.5, 0.6) is 0 Å². The fourth-order valence-corrected chi connectivity index (χ4v) is 1.69. The van der Waals surface area contributed by atoms with Gasteiger partial charge in [-0.25, -0.2) is 0 Å². The van der Waals surface area contributed by atoms with Crippen LogP contribution in [-0.2, 0) is 0 Å². The maximum Gasteiger partial charge on any atom is 0.0431 e. The van der Waals surface area contributed by atoms with Crippen LogP contribution in [0.1, 0.15) is 71.1 Å². The van der Waals surface area contributed by atoms with E-state index in [0.717, 1.165) is 19.3 Å². The monoisotopic (exact) mass is 236 g/mol. The van der Waals surface area contributed by atoms with Crippen molar-refractivity contribution in [1.82, 2.24) is 0 Å². The molecule has 1 N–H and O–H groups in total. The summed E-state index contributed by atoms with van der Waals surface area (Å²) >= 11 is 0. The number of hydrogen-bond acceptors (Lipinski definition) is 1. The highest BCUT2D eigenvalue weighted by Gasteiger charge is 1.91. The van der Waals surface area contributed by atoms with Crippen molar-refractivity contribution in [3.05, 3.63) is 12.2 Å². The molecule has 0 aromatic rings. The predicted octanol–water partition coefficient (Wildman–Crippen LogP) is 4.46. The fraction of sp³-hybridized carbons (Fsp3) is 0.750. The number of aliphatic hydroxyl groups is 1. The summed E-state index contributed by atoms with van der Waals surface area (Å²) < 4.78 is 0. The van der Waals surface area contributed by atoms with Crippen LogP contribution in [0.15, 0.2) is 12.2 Å². The van der Waals surface area contributed by atoms with Crippen molar-refractivity contribution in [2.75, 3.05) is 6.61 Å². The van der Waals surface area contributed by atoms with E-state index in [9.17, 15) is 0 Å². The van der Waals surface area contributed by atoms with E-state index in [0.29, 0.717) is 6.61 Å². The van der Waals surface area contributed by atoms with Crippen LogP contribution in [0, 0.1) is 11.8 Å². The first-order chi connectivity index (χ1) is 8.41.